The van der Waals surface area contributed by atoms with Crippen molar-refractivity contribution in [3.63, 3.8) is 0 Å². The van der Waals surface area contributed by atoms with Gasteiger partial charge in [-0.15, -0.1) is 0 Å². The number of hydrogen-bond acceptors (Lipinski definition) is 7. The number of thiocarbonyl (C=S) groups is 1. The summed E-state index contributed by atoms with van der Waals surface area (Å²) in [5.41, 5.74) is 7.10. The predicted octanol–water partition coefficient (Wildman–Crippen LogP) is 5.22. The molecule has 0 aromatic heterocycles. The molecule has 0 spiro atoms. The fourth-order valence-electron chi connectivity index (χ4n) is 4.29. The van der Waals surface area contributed by atoms with Crippen molar-refractivity contribution in [2.75, 3.05) is 13.2 Å². The minimum Gasteiger partial charge on any atom is -0.488 e. The highest BCUT2D eigenvalue weighted by atomic mass is 79.9. The molecule has 42 heavy (non-hydrogen) atoms. The molecule has 0 aliphatic carbocycles. The Balaban J connectivity index is 1.35. The minimum atomic E-state index is -0.614. The number of para-hydroxylation sites is 1. The predicted molar refractivity (Wildman–Crippen MR) is 168 cm³/mol. The molecule has 0 fully saturated rings. The Kier molecular flexibility index (Phi) is 10.7. The monoisotopic (exact) mass is 650 g/mol. The van der Waals surface area contributed by atoms with E-state index < -0.39 is 17.9 Å². The molecule has 3 N–H and O–H groups in total. The van der Waals surface area contributed by atoms with E-state index in [0.29, 0.717) is 40.1 Å². The SMILES string of the molecule is CCOC(=O)C1=C(C)NC(=S)N[C@@H]1c1ccccc1OCC(=O)NN=Cc1ccc(OCc2cccc(C)c2)c(Br)c1. The number of ether oxygens (including phenoxy) is 3. The molecule has 9 nitrogen and oxygen atoms in total. The molecule has 4 rings (SSSR count). The zero-order valence-electron chi connectivity index (χ0n) is 23.4. The summed E-state index contributed by atoms with van der Waals surface area (Å²) in [5.74, 6) is 0.190. The number of halogens is 1. The van der Waals surface area contributed by atoms with E-state index in [-0.39, 0.29) is 13.2 Å². The van der Waals surface area contributed by atoms with Crippen molar-refractivity contribution in [2.24, 2.45) is 5.10 Å². The second kappa shape index (κ2) is 14.6. The maximum absolute atomic E-state index is 12.7. The standard InChI is InChI=1S/C31H31BrN4O5S/c1-4-39-30(38)28-20(3)34-31(42)35-29(28)23-10-5-6-11-25(23)41-18-27(37)36-33-16-21-12-13-26(24(32)15-21)40-17-22-9-7-8-19(2)14-22/h5-16,29H,4,17-18H2,1-3H3,(H,36,37)(H2,34,35,42)/t29-/m1/s1. The number of aryl methyl sites for hydroxylation is 1. The van der Waals surface area contributed by atoms with Crippen molar-refractivity contribution >= 4 is 51.4 Å². The molecular weight excluding hydrogens is 620 g/mol. The van der Waals surface area contributed by atoms with E-state index in [2.05, 4.69) is 43.2 Å². The number of nitrogens with one attached hydrogen (secondary N) is 3. The Morgan fingerprint density at radius 3 is 2.62 bits per heavy atom. The first-order valence-electron chi connectivity index (χ1n) is 13.2. The third-order valence-corrected chi connectivity index (χ3v) is 7.03. The van der Waals surface area contributed by atoms with Crippen LogP contribution in [-0.2, 0) is 20.9 Å². The largest absolute Gasteiger partial charge is 0.488 e. The molecule has 1 amide bonds. The summed E-state index contributed by atoms with van der Waals surface area (Å²) >= 11 is 8.85. The van der Waals surface area contributed by atoms with Gasteiger partial charge in [-0.2, -0.15) is 5.10 Å². The van der Waals surface area contributed by atoms with Crippen molar-refractivity contribution in [3.05, 3.63) is 105 Å². The first-order chi connectivity index (χ1) is 20.2. The molecule has 1 aliphatic heterocycles. The molecular formula is C31H31BrN4O5S. The van der Waals surface area contributed by atoms with Gasteiger partial charge in [-0.05, 0) is 84.3 Å². The Morgan fingerprint density at radius 2 is 1.86 bits per heavy atom. The van der Waals surface area contributed by atoms with Gasteiger partial charge >= 0.3 is 5.97 Å². The lowest BCUT2D eigenvalue weighted by Crippen LogP contribution is -2.45. The van der Waals surface area contributed by atoms with Gasteiger partial charge in [-0.25, -0.2) is 10.2 Å². The van der Waals surface area contributed by atoms with Crippen molar-refractivity contribution in [3.8, 4) is 11.5 Å². The summed E-state index contributed by atoms with van der Waals surface area (Å²) in [6.45, 7) is 5.93. The zero-order valence-corrected chi connectivity index (χ0v) is 25.8. The van der Waals surface area contributed by atoms with Crippen LogP contribution < -0.4 is 25.5 Å². The molecule has 1 aliphatic rings. The van der Waals surface area contributed by atoms with Crippen LogP contribution in [0.2, 0.25) is 0 Å². The quantitative estimate of drug-likeness (QED) is 0.112. The lowest BCUT2D eigenvalue weighted by Gasteiger charge is -2.30. The third kappa shape index (κ3) is 8.17. The molecule has 1 atom stereocenters. The molecule has 0 saturated carbocycles. The van der Waals surface area contributed by atoms with Crippen LogP contribution >= 0.6 is 28.1 Å². The van der Waals surface area contributed by atoms with E-state index in [9.17, 15) is 9.59 Å². The van der Waals surface area contributed by atoms with Crippen LogP contribution in [-0.4, -0.2) is 36.4 Å². The van der Waals surface area contributed by atoms with Crippen molar-refractivity contribution < 1.29 is 23.8 Å². The fraction of sp³-hybridized carbons (Fsp3) is 0.226. The van der Waals surface area contributed by atoms with Crippen molar-refractivity contribution in [1.82, 2.24) is 16.1 Å². The molecule has 218 valence electrons. The maximum atomic E-state index is 12.7. The number of carbonyl (C=O) groups excluding carboxylic acids is 2. The molecule has 0 saturated heterocycles. The highest BCUT2D eigenvalue weighted by Gasteiger charge is 2.32. The summed E-state index contributed by atoms with van der Waals surface area (Å²) in [4.78, 5) is 25.2. The third-order valence-electron chi connectivity index (χ3n) is 6.19. The smallest absolute Gasteiger partial charge is 0.338 e. The Hall–Kier alpha value is -4.22. The van der Waals surface area contributed by atoms with Crippen LogP contribution in [0.15, 0.2) is 87.6 Å². The van der Waals surface area contributed by atoms with E-state index in [0.717, 1.165) is 15.6 Å². The lowest BCUT2D eigenvalue weighted by molar-refractivity contribution is -0.139. The van der Waals surface area contributed by atoms with Gasteiger partial charge in [0, 0.05) is 11.3 Å². The van der Waals surface area contributed by atoms with E-state index in [4.69, 9.17) is 26.4 Å². The van der Waals surface area contributed by atoms with Crippen LogP contribution in [0.3, 0.4) is 0 Å². The summed E-state index contributed by atoms with van der Waals surface area (Å²) in [5, 5.41) is 10.5. The number of nitrogens with zero attached hydrogens (tertiary/aromatic N) is 1. The normalized spacial score (nSPS) is 14.7. The Bertz CT molecular complexity index is 1540. The van der Waals surface area contributed by atoms with Gasteiger partial charge in [-0.3, -0.25) is 4.79 Å². The average molecular weight is 652 g/mol. The Labute approximate surface area is 258 Å². The van der Waals surface area contributed by atoms with Gasteiger partial charge in [0.25, 0.3) is 5.91 Å². The first-order valence-corrected chi connectivity index (χ1v) is 14.4. The van der Waals surface area contributed by atoms with Crippen LogP contribution in [0.5, 0.6) is 11.5 Å². The molecule has 3 aromatic rings. The van der Waals surface area contributed by atoms with Crippen LogP contribution in [0.25, 0.3) is 0 Å². The molecule has 3 aromatic carbocycles. The minimum absolute atomic E-state index is 0.231. The average Bonchev–Trinajstić information content (AvgIpc) is 2.95. The van der Waals surface area contributed by atoms with Crippen LogP contribution in [0.1, 0.15) is 42.1 Å². The van der Waals surface area contributed by atoms with Crippen LogP contribution in [0, 0.1) is 6.92 Å². The van der Waals surface area contributed by atoms with Gasteiger partial charge in [0.15, 0.2) is 11.7 Å². The van der Waals surface area contributed by atoms with Crippen molar-refractivity contribution in [1.29, 1.82) is 0 Å². The van der Waals surface area contributed by atoms with Gasteiger partial charge in [-0.1, -0.05) is 48.0 Å². The van der Waals surface area contributed by atoms with E-state index in [1.54, 1.807) is 32.0 Å². The number of hydrogen-bond donors (Lipinski definition) is 3. The number of benzene rings is 3. The van der Waals surface area contributed by atoms with Gasteiger partial charge in [0.05, 0.1) is 28.9 Å². The van der Waals surface area contributed by atoms with E-state index in [1.807, 2.05) is 49.4 Å². The van der Waals surface area contributed by atoms with E-state index >= 15 is 0 Å². The molecule has 11 heteroatoms. The number of allylic oxidation sites excluding steroid dienone is 1. The molecule has 0 radical (unpaired) electrons. The highest BCUT2D eigenvalue weighted by Crippen LogP contribution is 2.33. The number of carbonyl (C=O) groups is 2. The Morgan fingerprint density at radius 1 is 1.05 bits per heavy atom. The van der Waals surface area contributed by atoms with E-state index in [1.165, 1.54) is 11.8 Å². The van der Waals surface area contributed by atoms with Gasteiger partial charge < -0.3 is 24.8 Å². The first kappa shape index (κ1) is 30.7. The summed E-state index contributed by atoms with van der Waals surface area (Å²) in [6, 6.07) is 20.2. The molecule has 0 bridgehead atoms. The van der Waals surface area contributed by atoms with Crippen LogP contribution in [0.4, 0.5) is 0 Å². The summed E-state index contributed by atoms with van der Waals surface area (Å²) in [7, 11) is 0. The van der Waals surface area contributed by atoms with Crippen molar-refractivity contribution in [2.45, 2.75) is 33.4 Å². The van der Waals surface area contributed by atoms with Gasteiger partial charge in [0.2, 0.25) is 0 Å². The number of hydrazone groups is 1. The topological polar surface area (TPSA) is 110 Å². The highest BCUT2D eigenvalue weighted by molar-refractivity contribution is 9.10. The number of esters is 1. The second-order valence-corrected chi connectivity index (χ2v) is 10.6. The zero-order chi connectivity index (χ0) is 30.1. The summed E-state index contributed by atoms with van der Waals surface area (Å²) < 4.78 is 17.8. The fourth-order valence-corrected chi connectivity index (χ4v) is 5.07. The summed E-state index contributed by atoms with van der Waals surface area (Å²) in [6.07, 6.45) is 1.53. The lowest BCUT2D eigenvalue weighted by atomic mass is 9.95. The molecule has 1 heterocycles. The molecule has 0 unspecified atom stereocenters. The number of rotatable bonds is 11. The maximum Gasteiger partial charge on any atom is 0.338 e. The second-order valence-electron chi connectivity index (χ2n) is 9.38. The number of amides is 1. The van der Waals surface area contributed by atoms with Gasteiger partial charge in [0.1, 0.15) is 18.1 Å².